The van der Waals surface area contributed by atoms with Crippen molar-refractivity contribution in [3.63, 3.8) is 0 Å². The Morgan fingerprint density at radius 3 is 2.00 bits per heavy atom. The summed E-state index contributed by atoms with van der Waals surface area (Å²) < 4.78 is 5.27. The van der Waals surface area contributed by atoms with Gasteiger partial charge in [0, 0.05) is 22.3 Å². The molecule has 0 radical (unpaired) electrons. The van der Waals surface area contributed by atoms with Crippen molar-refractivity contribution in [2.75, 3.05) is 0 Å². The zero-order valence-electron chi connectivity index (χ0n) is 16.1. The van der Waals surface area contributed by atoms with Gasteiger partial charge in [-0.1, -0.05) is 67.2 Å². The van der Waals surface area contributed by atoms with E-state index < -0.39 is 5.97 Å². The molecule has 29 heavy (non-hydrogen) atoms. The molecule has 4 rings (SSSR count). The number of hydrogen-bond acceptors (Lipinski definition) is 3. The van der Waals surface area contributed by atoms with Gasteiger partial charge in [0.25, 0.3) is 0 Å². The Bertz CT molecular complexity index is 1090. The third-order valence-electron chi connectivity index (χ3n) is 4.50. The molecule has 0 fully saturated rings. The van der Waals surface area contributed by atoms with E-state index in [0.717, 1.165) is 33.9 Å². The number of carbonyl (C=O) groups is 1. The largest absolute Gasteiger partial charge is 0.423 e. The summed E-state index contributed by atoms with van der Waals surface area (Å²) in [6, 6.07) is 27.5. The molecule has 0 aliphatic heterocycles. The molecule has 0 bridgehead atoms. The van der Waals surface area contributed by atoms with Crippen molar-refractivity contribution < 1.29 is 9.53 Å². The molecule has 1 aromatic heterocycles. The molecule has 0 spiro atoms. The Hall–Kier alpha value is -3.92. The van der Waals surface area contributed by atoms with Crippen LogP contribution in [0, 0.1) is 0 Å². The van der Waals surface area contributed by atoms with Gasteiger partial charge in [0.05, 0.1) is 11.4 Å². The molecule has 4 heteroatoms. The Balaban J connectivity index is 1.72. The first-order valence-electron chi connectivity index (χ1n) is 9.31. The predicted octanol–water partition coefficient (Wildman–Crippen LogP) is 5.89. The van der Waals surface area contributed by atoms with Gasteiger partial charge in [-0.3, -0.25) is 0 Å². The molecule has 0 amide bonds. The number of imidazole rings is 1. The van der Waals surface area contributed by atoms with Gasteiger partial charge in [0.2, 0.25) is 0 Å². The number of aromatic amines is 1. The lowest BCUT2D eigenvalue weighted by atomic mass is 10.1. The molecule has 4 nitrogen and oxygen atoms in total. The molecule has 0 saturated heterocycles. The second-order valence-corrected chi connectivity index (χ2v) is 6.74. The average Bonchev–Trinajstić information content (AvgIpc) is 3.21. The van der Waals surface area contributed by atoms with E-state index in [0.29, 0.717) is 11.3 Å². The Morgan fingerprint density at radius 2 is 1.41 bits per heavy atom. The number of hydrogen-bond donors (Lipinski definition) is 1. The minimum atomic E-state index is -0.437. The smallest absolute Gasteiger partial charge is 0.338 e. The van der Waals surface area contributed by atoms with Crippen molar-refractivity contribution in [2.24, 2.45) is 0 Å². The van der Waals surface area contributed by atoms with Crippen LogP contribution in [-0.4, -0.2) is 15.9 Å². The molecule has 0 aliphatic carbocycles. The van der Waals surface area contributed by atoms with E-state index >= 15 is 0 Å². The molecule has 0 aliphatic rings. The van der Waals surface area contributed by atoms with Crippen LogP contribution in [0.15, 0.2) is 97.1 Å². The van der Waals surface area contributed by atoms with Crippen LogP contribution in [0.3, 0.4) is 0 Å². The lowest BCUT2D eigenvalue weighted by Crippen LogP contribution is -2.07. The quantitative estimate of drug-likeness (QED) is 0.267. The molecule has 0 saturated carbocycles. The zero-order valence-corrected chi connectivity index (χ0v) is 16.1. The number of nitrogens with zero attached hydrogens (tertiary/aromatic N) is 1. The van der Waals surface area contributed by atoms with Gasteiger partial charge in [0.1, 0.15) is 11.6 Å². The molecule has 0 atom stereocenters. The van der Waals surface area contributed by atoms with Crippen LogP contribution >= 0.6 is 0 Å². The van der Waals surface area contributed by atoms with Crippen LogP contribution in [0.25, 0.3) is 33.9 Å². The van der Waals surface area contributed by atoms with Crippen LogP contribution in [0.4, 0.5) is 0 Å². The van der Waals surface area contributed by atoms with E-state index in [2.05, 4.69) is 23.7 Å². The summed E-state index contributed by atoms with van der Waals surface area (Å²) in [5.41, 5.74) is 5.23. The maximum atomic E-state index is 11.7. The van der Waals surface area contributed by atoms with Crippen LogP contribution < -0.4 is 4.74 Å². The minimum Gasteiger partial charge on any atom is -0.423 e. The number of benzene rings is 3. The van der Waals surface area contributed by atoms with Crippen LogP contribution in [0.2, 0.25) is 0 Å². The van der Waals surface area contributed by atoms with E-state index in [1.165, 1.54) is 0 Å². The number of rotatable bonds is 5. The molecule has 0 unspecified atom stereocenters. The van der Waals surface area contributed by atoms with Gasteiger partial charge in [-0.05, 0) is 31.2 Å². The van der Waals surface area contributed by atoms with Crippen molar-refractivity contribution in [2.45, 2.75) is 6.92 Å². The summed E-state index contributed by atoms with van der Waals surface area (Å²) in [6.45, 7) is 5.22. The number of H-pyrrole nitrogens is 1. The summed E-state index contributed by atoms with van der Waals surface area (Å²) in [5, 5.41) is 0. The van der Waals surface area contributed by atoms with Crippen LogP contribution in [0.1, 0.15) is 6.92 Å². The SMILES string of the molecule is C=C(C)C(=O)Oc1ccc(-c2nc(-c3ccccc3)c(-c3ccccc3)[nH]2)cc1. The molecule has 3 aromatic carbocycles. The first-order chi connectivity index (χ1) is 14.1. The molecule has 142 valence electrons. The maximum absolute atomic E-state index is 11.7. The zero-order chi connectivity index (χ0) is 20.2. The summed E-state index contributed by atoms with van der Waals surface area (Å²) in [6.07, 6.45) is 0. The van der Waals surface area contributed by atoms with Crippen LogP contribution in [0.5, 0.6) is 5.75 Å². The van der Waals surface area contributed by atoms with Crippen molar-refractivity contribution in [1.29, 1.82) is 0 Å². The first kappa shape index (κ1) is 18.4. The van der Waals surface area contributed by atoms with E-state index in [1.807, 2.05) is 60.7 Å². The van der Waals surface area contributed by atoms with E-state index in [9.17, 15) is 4.79 Å². The molecule has 1 N–H and O–H groups in total. The number of esters is 1. The van der Waals surface area contributed by atoms with Crippen molar-refractivity contribution >= 4 is 5.97 Å². The molecule has 4 aromatic rings. The topological polar surface area (TPSA) is 55.0 Å². The molecular weight excluding hydrogens is 360 g/mol. The number of nitrogens with one attached hydrogen (secondary N) is 1. The highest BCUT2D eigenvalue weighted by Crippen LogP contribution is 2.33. The monoisotopic (exact) mass is 380 g/mol. The van der Waals surface area contributed by atoms with E-state index in [-0.39, 0.29) is 0 Å². The van der Waals surface area contributed by atoms with Crippen molar-refractivity contribution in [3.05, 3.63) is 97.1 Å². The van der Waals surface area contributed by atoms with Crippen molar-refractivity contribution in [1.82, 2.24) is 9.97 Å². The summed E-state index contributed by atoms with van der Waals surface area (Å²) in [4.78, 5) is 20.0. The Labute approximate surface area is 169 Å². The van der Waals surface area contributed by atoms with Crippen molar-refractivity contribution in [3.8, 4) is 39.7 Å². The Morgan fingerprint density at radius 1 is 0.828 bits per heavy atom. The van der Waals surface area contributed by atoms with Gasteiger partial charge in [-0.15, -0.1) is 0 Å². The van der Waals surface area contributed by atoms with Gasteiger partial charge in [-0.2, -0.15) is 0 Å². The standard InChI is InChI=1S/C25H20N2O2/c1-17(2)25(28)29-21-15-13-20(14-16-21)24-26-22(18-9-5-3-6-10-18)23(27-24)19-11-7-4-8-12-19/h3-16H,1H2,2H3,(H,26,27). The van der Waals surface area contributed by atoms with Gasteiger partial charge in [0.15, 0.2) is 0 Å². The third kappa shape index (κ3) is 4.01. The third-order valence-corrected chi connectivity index (χ3v) is 4.50. The lowest BCUT2D eigenvalue weighted by Gasteiger charge is -2.04. The fourth-order valence-electron chi connectivity index (χ4n) is 3.00. The summed E-state index contributed by atoms with van der Waals surface area (Å²) in [5.74, 6) is 0.786. The highest BCUT2D eigenvalue weighted by atomic mass is 16.5. The first-order valence-corrected chi connectivity index (χ1v) is 9.31. The van der Waals surface area contributed by atoms with Gasteiger partial charge < -0.3 is 9.72 Å². The second kappa shape index (κ2) is 7.98. The molecule has 1 heterocycles. The highest BCUT2D eigenvalue weighted by Gasteiger charge is 2.15. The summed E-state index contributed by atoms with van der Waals surface area (Å²) in [7, 11) is 0. The maximum Gasteiger partial charge on any atom is 0.338 e. The number of aromatic nitrogens is 2. The number of carbonyl (C=O) groups excluding carboxylic acids is 1. The molecular formula is C25H20N2O2. The minimum absolute atomic E-state index is 0.361. The van der Waals surface area contributed by atoms with Gasteiger partial charge in [-0.25, -0.2) is 9.78 Å². The fourth-order valence-corrected chi connectivity index (χ4v) is 3.00. The lowest BCUT2D eigenvalue weighted by molar-refractivity contribution is -0.130. The Kier molecular flexibility index (Phi) is 5.08. The fraction of sp³-hybridized carbons (Fsp3) is 0.0400. The average molecular weight is 380 g/mol. The van der Waals surface area contributed by atoms with Crippen LogP contribution in [-0.2, 0) is 4.79 Å². The normalized spacial score (nSPS) is 10.5. The number of ether oxygens (including phenoxy) is 1. The second-order valence-electron chi connectivity index (χ2n) is 6.74. The van der Waals surface area contributed by atoms with E-state index in [1.54, 1.807) is 19.1 Å². The van der Waals surface area contributed by atoms with Gasteiger partial charge >= 0.3 is 5.97 Å². The van der Waals surface area contributed by atoms with E-state index in [4.69, 9.17) is 9.72 Å². The highest BCUT2D eigenvalue weighted by molar-refractivity contribution is 5.88. The predicted molar refractivity (Wildman–Crippen MR) is 115 cm³/mol. The summed E-state index contributed by atoms with van der Waals surface area (Å²) >= 11 is 0.